The number of piperazine rings is 1. The Bertz CT molecular complexity index is 689. The van der Waals surface area contributed by atoms with Crippen LogP contribution in [0.5, 0.6) is 5.75 Å². The molecule has 130 valence electrons. The van der Waals surface area contributed by atoms with Crippen LogP contribution in [0, 0.1) is 6.92 Å². The van der Waals surface area contributed by atoms with Crippen LogP contribution in [-0.2, 0) is 11.2 Å². The first kappa shape index (κ1) is 18.3. The molecule has 1 aromatic carbocycles. The van der Waals surface area contributed by atoms with E-state index in [1.54, 1.807) is 7.11 Å². The molecule has 1 amide bonds. The van der Waals surface area contributed by atoms with E-state index in [9.17, 15) is 4.79 Å². The van der Waals surface area contributed by atoms with E-state index in [0.29, 0.717) is 13.0 Å². The lowest BCUT2D eigenvalue weighted by Crippen LogP contribution is -2.49. The molecule has 0 bridgehead atoms. The number of halogens is 1. The summed E-state index contributed by atoms with van der Waals surface area (Å²) in [7, 11) is 1.66. The lowest BCUT2D eigenvalue weighted by atomic mass is 10.0. The lowest BCUT2D eigenvalue weighted by molar-refractivity contribution is -0.133. The van der Waals surface area contributed by atoms with Gasteiger partial charge in [-0.15, -0.1) is 12.4 Å². The van der Waals surface area contributed by atoms with Crippen molar-refractivity contribution >= 4 is 18.3 Å². The van der Waals surface area contributed by atoms with E-state index in [-0.39, 0.29) is 24.4 Å². The Labute approximate surface area is 148 Å². The average molecular weight is 351 g/mol. The summed E-state index contributed by atoms with van der Waals surface area (Å²) in [6.07, 6.45) is 0.315. The molecule has 1 unspecified atom stereocenters. The van der Waals surface area contributed by atoms with Crippen molar-refractivity contribution in [3.8, 4) is 5.75 Å². The van der Waals surface area contributed by atoms with Crippen LogP contribution in [0.1, 0.15) is 23.0 Å². The number of nitrogens with one attached hydrogen (secondary N) is 2. The van der Waals surface area contributed by atoms with Gasteiger partial charge < -0.3 is 15.0 Å². The quantitative estimate of drug-likeness (QED) is 0.883. The lowest BCUT2D eigenvalue weighted by Gasteiger charge is -2.37. The van der Waals surface area contributed by atoms with Crippen LogP contribution in [0.15, 0.2) is 30.3 Å². The SMILES string of the molecule is COc1ccccc1C1CNCCN1C(=O)Cc1cc(C)[nH]n1.Cl. The Morgan fingerprint density at radius 3 is 2.92 bits per heavy atom. The largest absolute Gasteiger partial charge is 0.496 e. The van der Waals surface area contributed by atoms with Gasteiger partial charge in [0.15, 0.2) is 0 Å². The van der Waals surface area contributed by atoms with Crippen LogP contribution >= 0.6 is 12.4 Å². The normalized spacial score (nSPS) is 17.2. The van der Waals surface area contributed by atoms with Gasteiger partial charge in [-0.05, 0) is 19.1 Å². The molecule has 3 rings (SSSR count). The molecule has 2 heterocycles. The van der Waals surface area contributed by atoms with Crippen LogP contribution in [-0.4, -0.2) is 47.7 Å². The number of rotatable bonds is 4. The third-order valence-electron chi connectivity index (χ3n) is 4.15. The predicted octanol–water partition coefficient (Wildman–Crippen LogP) is 1.86. The van der Waals surface area contributed by atoms with Gasteiger partial charge >= 0.3 is 0 Å². The summed E-state index contributed by atoms with van der Waals surface area (Å²) in [6, 6.07) is 9.77. The number of carbonyl (C=O) groups is 1. The molecule has 2 aromatic rings. The predicted molar refractivity (Wildman–Crippen MR) is 94.6 cm³/mol. The van der Waals surface area contributed by atoms with Crippen molar-refractivity contribution in [3.63, 3.8) is 0 Å². The number of aromatic amines is 1. The minimum atomic E-state index is -0.0209. The van der Waals surface area contributed by atoms with E-state index >= 15 is 0 Å². The van der Waals surface area contributed by atoms with Gasteiger partial charge in [0.05, 0.1) is 25.3 Å². The van der Waals surface area contributed by atoms with E-state index in [1.165, 1.54) is 0 Å². The zero-order valence-corrected chi connectivity index (χ0v) is 14.7. The third-order valence-corrected chi connectivity index (χ3v) is 4.15. The van der Waals surface area contributed by atoms with E-state index in [2.05, 4.69) is 15.5 Å². The van der Waals surface area contributed by atoms with Crippen LogP contribution in [0.3, 0.4) is 0 Å². The Kier molecular flexibility index (Phi) is 6.23. The van der Waals surface area contributed by atoms with Gasteiger partial charge in [-0.25, -0.2) is 0 Å². The molecular formula is C17H23ClN4O2. The smallest absolute Gasteiger partial charge is 0.229 e. The minimum Gasteiger partial charge on any atom is -0.496 e. The van der Waals surface area contributed by atoms with Crippen molar-refractivity contribution in [3.05, 3.63) is 47.3 Å². The maximum absolute atomic E-state index is 12.8. The Morgan fingerprint density at radius 2 is 2.21 bits per heavy atom. The Balaban J connectivity index is 0.00000208. The summed E-state index contributed by atoms with van der Waals surface area (Å²) in [4.78, 5) is 14.7. The fourth-order valence-electron chi connectivity index (χ4n) is 3.04. The molecule has 1 fully saturated rings. The van der Waals surface area contributed by atoms with E-state index in [1.807, 2.05) is 42.2 Å². The molecule has 1 aliphatic heterocycles. The Hall–Kier alpha value is -2.05. The number of hydrogen-bond acceptors (Lipinski definition) is 4. The summed E-state index contributed by atoms with van der Waals surface area (Å²) < 4.78 is 5.47. The van der Waals surface area contributed by atoms with Crippen LogP contribution < -0.4 is 10.1 Å². The van der Waals surface area contributed by atoms with E-state index in [4.69, 9.17) is 4.74 Å². The molecular weight excluding hydrogens is 328 g/mol. The highest BCUT2D eigenvalue weighted by atomic mass is 35.5. The molecule has 0 spiro atoms. The first-order valence-electron chi connectivity index (χ1n) is 7.83. The number of hydrogen-bond donors (Lipinski definition) is 2. The van der Waals surface area contributed by atoms with Gasteiger partial charge in [0.2, 0.25) is 5.91 Å². The van der Waals surface area contributed by atoms with Crippen LogP contribution in [0.25, 0.3) is 0 Å². The van der Waals surface area contributed by atoms with Crippen LogP contribution in [0.4, 0.5) is 0 Å². The van der Waals surface area contributed by atoms with Gasteiger partial charge in [0.25, 0.3) is 0 Å². The van der Waals surface area contributed by atoms with Crippen molar-refractivity contribution in [2.24, 2.45) is 0 Å². The van der Waals surface area contributed by atoms with E-state index in [0.717, 1.165) is 35.8 Å². The molecule has 6 nitrogen and oxygen atoms in total. The third kappa shape index (κ3) is 3.88. The minimum absolute atomic E-state index is 0. The number of carbonyl (C=O) groups excluding carboxylic acids is 1. The summed E-state index contributed by atoms with van der Waals surface area (Å²) in [6.45, 7) is 4.15. The topological polar surface area (TPSA) is 70.2 Å². The van der Waals surface area contributed by atoms with Gasteiger partial charge in [-0.2, -0.15) is 5.10 Å². The first-order valence-corrected chi connectivity index (χ1v) is 7.83. The highest BCUT2D eigenvalue weighted by Crippen LogP contribution is 2.30. The number of benzene rings is 1. The second-order valence-electron chi connectivity index (χ2n) is 5.77. The van der Waals surface area contributed by atoms with Gasteiger partial charge in [0, 0.05) is 30.9 Å². The number of aromatic nitrogens is 2. The number of H-pyrrole nitrogens is 1. The molecule has 1 aliphatic rings. The van der Waals surface area contributed by atoms with Crippen molar-refractivity contribution < 1.29 is 9.53 Å². The zero-order valence-electron chi connectivity index (χ0n) is 13.9. The summed E-state index contributed by atoms with van der Waals surface area (Å²) in [5.74, 6) is 0.906. The number of ether oxygens (including phenoxy) is 1. The molecule has 1 atom stereocenters. The standard InChI is InChI=1S/C17H22N4O2.ClH/c1-12-9-13(20-19-12)10-17(22)21-8-7-18-11-15(21)14-5-3-4-6-16(14)23-2;/h3-6,9,15,18H,7-8,10-11H2,1-2H3,(H,19,20);1H. The summed E-state index contributed by atoms with van der Waals surface area (Å²) >= 11 is 0. The number of methoxy groups -OCH3 is 1. The second kappa shape index (κ2) is 8.17. The zero-order chi connectivity index (χ0) is 16.2. The van der Waals surface area contributed by atoms with Crippen LogP contribution in [0.2, 0.25) is 0 Å². The van der Waals surface area contributed by atoms with Crippen molar-refractivity contribution in [1.82, 2.24) is 20.4 Å². The van der Waals surface area contributed by atoms with Crippen molar-refractivity contribution in [1.29, 1.82) is 0 Å². The molecule has 1 aromatic heterocycles. The maximum Gasteiger partial charge on any atom is 0.229 e. The molecule has 0 radical (unpaired) electrons. The van der Waals surface area contributed by atoms with Gasteiger partial charge in [-0.3, -0.25) is 9.89 Å². The molecule has 1 saturated heterocycles. The molecule has 7 heteroatoms. The summed E-state index contributed by atoms with van der Waals surface area (Å²) in [5.41, 5.74) is 2.79. The number of nitrogens with zero attached hydrogens (tertiary/aromatic N) is 2. The monoisotopic (exact) mass is 350 g/mol. The fraction of sp³-hybridized carbons (Fsp3) is 0.412. The fourth-order valence-corrected chi connectivity index (χ4v) is 3.04. The van der Waals surface area contributed by atoms with Crippen molar-refractivity contribution in [2.75, 3.05) is 26.7 Å². The van der Waals surface area contributed by atoms with Gasteiger partial charge in [-0.1, -0.05) is 18.2 Å². The summed E-state index contributed by atoms with van der Waals surface area (Å²) in [5, 5.41) is 10.4. The number of aryl methyl sites for hydroxylation is 1. The highest BCUT2D eigenvalue weighted by Gasteiger charge is 2.29. The average Bonchev–Trinajstić information content (AvgIpc) is 2.99. The first-order chi connectivity index (χ1) is 11.2. The number of amides is 1. The number of para-hydroxylation sites is 1. The van der Waals surface area contributed by atoms with Crippen molar-refractivity contribution in [2.45, 2.75) is 19.4 Å². The Morgan fingerprint density at radius 1 is 1.42 bits per heavy atom. The molecule has 0 aliphatic carbocycles. The molecule has 2 N–H and O–H groups in total. The highest BCUT2D eigenvalue weighted by molar-refractivity contribution is 5.85. The van der Waals surface area contributed by atoms with Gasteiger partial charge in [0.1, 0.15) is 5.75 Å². The molecule has 24 heavy (non-hydrogen) atoms. The van der Waals surface area contributed by atoms with E-state index < -0.39 is 0 Å². The molecule has 0 saturated carbocycles. The second-order valence-corrected chi connectivity index (χ2v) is 5.77. The maximum atomic E-state index is 12.8.